The molecule has 0 heterocycles. The van der Waals surface area contributed by atoms with Gasteiger partial charge in [-0.25, -0.2) is 4.79 Å². The Labute approximate surface area is 103 Å². The standard InChI is InChI=1S/C10H9NO5.ClH/c12-8(13)5-11-9(14)6-3-1-2-4-7(6)10(15)16;/h1-4H,5H2,(H,11,14)(H,12,13)(H,15,16);1H. The van der Waals surface area contributed by atoms with Gasteiger partial charge < -0.3 is 15.5 Å². The van der Waals surface area contributed by atoms with Gasteiger partial charge in [-0.15, -0.1) is 12.4 Å². The minimum Gasteiger partial charge on any atom is -0.480 e. The van der Waals surface area contributed by atoms with E-state index in [2.05, 4.69) is 5.32 Å². The van der Waals surface area contributed by atoms with Crippen LogP contribution in [0.1, 0.15) is 20.7 Å². The van der Waals surface area contributed by atoms with Crippen molar-refractivity contribution in [2.45, 2.75) is 0 Å². The van der Waals surface area contributed by atoms with Crippen molar-refractivity contribution in [3.63, 3.8) is 0 Å². The summed E-state index contributed by atoms with van der Waals surface area (Å²) in [5.74, 6) is -3.15. The second-order valence-electron chi connectivity index (χ2n) is 2.93. The Morgan fingerprint density at radius 2 is 1.59 bits per heavy atom. The molecule has 1 amide bonds. The first-order valence-electron chi connectivity index (χ1n) is 4.34. The molecule has 0 atom stereocenters. The Morgan fingerprint density at radius 1 is 1.06 bits per heavy atom. The van der Waals surface area contributed by atoms with E-state index in [1.807, 2.05) is 0 Å². The number of carboxylic acids is 2. The minimum atomic E-state index is -1.24. The Bertz CT molecular complexity index is 446. The first-order valence-corrected chi connectivity index (χ1v) is 4.34. The van der Waals surface area contributed by atoms with Crippen LogP contribution in [0.15, 0.2) is 24.3 Å². The summed E-state index contributed by atoms with van der Waals surface area (Å²) in [5.41, 5.74) is -0.221. The molecule has 0 aliphatic rings. The number of halogens is 1. The van der Waals surface area contributed by atoms with E-state index in [9.17, 15) is 14.4 Å². The number of carbonyl (C=O) groups is 3. The Hall–Kier alpha value is -2.08. The summed E-state index contributed by atoms with van der Waals surface area (Å²) in [4.78, 5) is 32.4. The maximum atomic E-state index is 11.4. The molecule has 3 N–H and O–H groups in total. The zero-order valence-corrected chi connectivity index (χ0v) is 9.36. The third kappa shape index (κ3) is 4.12. The topological polar surface area (TPSA) is 104 Å². The molecule has 0 aliphatic carbocycles. The van der Waals surface area contributed by atoms with Crippen LogP contribution in [0.5, 0.6) is 0 Å². The van der Waals surface area contributed by atoms with Gasteiger partial charge in [0, 0.05) is 0 Å². The summed E-state index contributed by atoms with van der Waals surface area (Å²) in [6.07, 6.45) is 0. The van der Waals surface area contributed by atoms with Gasteiger partial charge in [-0.1, -0.05) is 12.1 Å². The first-order chi connectivity index (χ1) is 7.52. The van der Waals surface area contributed by atoms with Crippen molar-refractivity contribution in [1.29, 1.82) is 0 Å². The summed E-state index contributed by atoms with van der Waals surface area (Å²) in [6.45, 7) is -0.549. The maximum absolute atomic E-state index is 11.4. The van der Waals surface area contributed by atoms with Crippen molar-refractivity contribution in [2.75, 3.05) is 6.54 Å². The fourth-order valence-electron chi connectivity index (χ4n) is 1.12. The molecule has 0 aromatic heterocycles. The largest absolute Gasteiger partial charge is 0.480 e. The highest BCUT2D eigenvalue weighted by molar-refractivity contribution is 6.05. The summed E-state index contributed by atoms with van der Waals surface area (Å²) >= 11 is 0. The van der Waals surface area contributed by atoms with Crippen molar-refractivity contribution in [3.05, 3.63) is 35.4 Å². The van der Waals surface area contributed by atoms with Gasteiger partial charge in [0.1, 0.15) is 6.54 Å². The van der Waals surface area contributed by atoms with Crippen LogP contribution in [0.3, 0.4) is 0 Å². The number of carbonyl (C=O) groups excluding carboxylic acids is 1. The molecule has 17 heavy (non-hydrogen) atoms. The predicted molar refractivity (Wildman–Crippen MR) is 60.6 cm³/mol. The number of rotatable bonds is 4. The smallest absolute Gasteiger partial charge is 0.336 e. The lowest BCUT2D eigenvalue weighted by Gasteiger charge is -2.05. The van der Waals surface area contributed by atoms with Crippen molar-refractivity contribution < 1.29 is 24.6 Å². The lowest BCUT2D eigenvalue weighted by molar-refractivity contribution is -0.135. The molecule has 0 aliphatic heterocycles. The van der Waals surface area contributed by atoms with E-state index in [0.717, 1.165) is 0 Å². The monoisotopic (exact) mass is 259 g/mol. The molecular formula is C10H10ClNO5. The quantitative estimate of drug-likeness (QED) is 0.735. The highest BCUT2D eigenvalue weighted by atomic mass is 35.5. The molecule has 6 nitrogen and oxygen atoms in total. The van der Waals surface area contributed by atoms with Crippen LogP contribution in [-0.2, 0) is 4.79 Å². The second-order valence-corrected chi connectivity index (χ2v) is 2.93. The second kappa shape index (κ2) is 6.49. The Balaban J connectivity index is 0.00000256. The zero-order chi connectivity index (χ0) is 12.1. The van der Waals surface area contributed by atoms with Gasteiger partial charge in [-0.05, 0) is 12.1 Å². The number of hydrogen-bond acceptors (Lipinski definition) is 3. The number of aliphatic carboxylic acids is 1. The van der Waals surface area contributed by atoms with Crippen LogP contribution >= 0.6 is 12.4 Å². The van der Waals surface area contributed by atoms with Crippen LogP contribution < -0.4 is 5.32 Å². The number of carboxylic acid groups (broad SMARTS) is 2. The molecule has 0 unspecified atom stereocenters. The van der Waals surface area contributed by atoms with Crippen LogP contribution in [-0.4, -0.2) is 34.6 Å². The highest BCUT2D eigenvalue weighted by Crippen LogP contribution is 2.08. The molecule has 7 heteroatoms. The molecule has 0 fully saturated rings. The Morgan fingerprint density at radius 3 is 2.06 bits per heavy atom. The van der Waals surface area contributed by atoms with Crippen molar-refractivity contribution in [2.24, 2.45) is 0 Å². The SMILES string of the molecule is Cl.O=C(O)CNC(=O)c1ccccc1C(=O)O. The minimum absolute atomic E-state index is 0. The van der Waals surface area contributed by atoms with Gasteiger partial charge in [-0.2, -0.15) is 0 Å². The fourth-order valence-corrected chi connectivity index (χ4v) is 1.12. The van der Waals surface area contributed by atoms with Gasteiger partial charge >= 0.3 is 11.9 Å². The molecule has 1 rings (SSSR count). The van der Waals surface area contributed by atoms with Crippen molar-refractivity contribution >= 4 is 30.3 Å². The third-order valence-electron chi connectivity index (χ3n) is 1.80. The maximum Gasteiger partial charge on any atom is 0.336 e. The molecule has 0 saturated carbocycles. The van der Waals surface area contributed by atoms with E-state index < -0.39 is 24.4 Å². The number of hydrogen-bond donors (Lipinski definition) is 3. The zero-order valence-electron chi connectivity index (χ0n) is 8.54. The fraction of sp³-hybridized carbons (Fsp3) is 0.100. The number of aromatic carboxylic acids is 1. The van der Waals surface area contributed by atoms with E-state index >= 15 is 0 Å². The molecule has 1 aromatic rings. The van der Waals surface area contributed by atoms with Crippen molar-refractivity contribution in [3.8, 4) is 0 Å². The van der Waals surface area contributed by atoms with Crippen LogP contribution in [0.4, 0.5) is 0 Å². The van der Waals surface area contributed by atoms with E-state index in [1.54, 1.807) is 0 Å². The number of benzene rings is 1. The predicted octanol–water partition coefficient (Wildman–Crippen LogP) is 0.621. The van der Waals surface area contributed by atoms with Gasteiger partial charge in [-0.3, -0.25) is 9.59 Å². The summed E-state index contributed by atoms with van der Waals surface area (Å²) < 4.78 is 0. The van der Waals surface area contributed by atoms with Gasteiger partial charge in [0.25, 0.3) is 5.91 Å². The van der Waals surface area contributed by atoms with E-state index in [0.29, 0.717) is 0 Å². The molecule has 1 aromatic carbocycles. The summed E-state index contributed by atoms with van der Waals surface area (Å²) in [6, 6.07) is 5.58. The average molecular weight is 260 g/mol. The van der Waals surface area contributed by atoms with E-state index in [-0.39, 0.29) is 23.5 Å². The lowest BCUT2D eigenvalue weighted by Crippen LogP contribution is -2.30. The highest BCUT2D eigenvalue weighted by Gasteiger charge is 2.15. The third-order valence-corrected chi connectivity index (χ3v) is 1.80. The first kappa shape index (κ1) is 14.9. The molecule has 0 spiro atoms. The van der Waals surface area contributed by atoms with E-state index in [1.165, 1.54) is 24.3 Å². The van der Waals surface area contributed by atoms with Gasteiger partial charge in [0.15, 0.2) is 0 Å². The van der Waals surface area contributed by atoms with Crippen LogP contribution in [0.2, 0.25) is 0 Å². The van der Waals surface area contributed by atoms with Crippen LogP contribution in [0, 0.1) is 0 Å². The van der Waals surface area contributed by atoms with Gasteiger partial charge in [0.2, 0.25) is 0 Å². The van der Waals surface area contributed by atoms with Crippen molar-refractivity contribution in [1.82, 2.24) is 5.32 Å². The van der Waals surface area contributed by atoms with E-state index in [4.69, 9.17) is 10.2 Å². The van der Waals surface area contributed by atoms with Crippen LogP contribution in [0.25, 0.3) is 0 Å². The molecule has 0 bridgehead atoms. The summed E-state index contributed by atoms with van der Waals surface area (Å²) in [5, 5.41) is 19.2. The number of nitrogens with one attached hydrogen (secondary N) is 1. The van der Waals surface area contributed by atoms with Gasteiger partial charge in [0.05, 0.1) is 11.1 Å². The lowest BCUT2D eigenvalue weighted by atomic mass is 10.1. The average Bonchev–Trinajstić information content (AvgIpc) is 2.25. The molecule has 92 valence electrons. The molecule has 0 radical (unpaired) electrons. The Kier molecular flexibility index (Phi) is 5.70. The summed E-state index contributed by atoms with van der Waals surface area (Å²) in [7, 11) is 0. The normalized spacial score (nSPS) is 8.94. The molecule has 0 saturated heterocycles. The number of amides is 1. The molecular weight excluding hydrogens is 250 g/mol.